The van der Waals surface area contributed by atoms with Gasteiger partial charge in [0.2, 0.25) is 0 Å². The van der Waals surface area contributed by atoms with E-state index in [-0.39, 0.29) is 23.2 Å². The number of hydrogen-bond acceptors (Lipinski definition) is 7. The van der Waals surface area contributed by atoms with E-state index in [1.807, 2.05) is 0 Å². The van der Waals surface area contributed by atoms with Gasteiger partial charge in [-0.05, 0) is 31.5 Å². The van der Waals surface area contributed by atoms with Gasteiger partial charge in [-0.1, -0.05) is 0 Å². The molecule has 2 rings (SSSR count). The summed E-state index contributed by atoms with van der Waals surface area (Å²) in [7, 11) is 1.27. The first-order valence-electron chi connectivity index (χ1n) is 7.50. The summed E-state index contributed by atoms with van der Waals surface area (Å²) in [6.07, 6.45) is 0.196. The van der Waals surface area contributed by atoms with E-state index in [1.165, 1.54) is 21.0 Å². The molecule has 4 N–H and O–H groups in total. The first-order valence-corrected chi connectivity index (χ1v) is 7.50. The van der Waals surface area contributed by atoms with Crippen LogP contribution in [0.2, 0.25) is 0 Å². The molecule has 0 radical (unpaired) electrons. The number of carboxylic acid groups (broad SMARTS) is 2. The number of carboxylic acids is 2. The van der Waals surface area contributed by atoms with Crippen LogP contribution in [0, 0.1) is 13.8 Å². The molecule has 0 fully saturated rings. The van der Waals surface area contributed by atoms with Gasteiger partial charge in [0.05, 0.1) is 12.7 Å². The first kappa shape index (κ1) is 19.6. The number of aryl methyl sites for hydroxylation is 1. The number of hydrogen-bond donors (Lipinski definition) is 4. The van der Waals surface area contributed by atoms with Gasteiger partial charge in [-0.2, -0.15) is 0 Å². The average Bonchev–Trinajstić information content (AvgIpc) is 2.57. The molecular weight excluding hydrogens is 360 g/mol. The number of carbonyl (C=O) groups is 3. The summed E-state index contributed by atoms with van der Waals surface area (Å²) in [5.41, 5.74) is -1.17. The minimum Gasteiger partial charge on any atom is -0.507 e. The van der Waals surface area contributed by atoms with Crippen LogP contribution in [0.3, 0.4) is 0 Å². The fourth-order valence-corrected chi connectivity index (χ4v) is 2.59. The van der Waals surface area contributed by atoms with Crippen molar-refractivity contribution in [2.75, 3.05) is 7.11 Å². The second-order valence-electron chi connectivity index (χ2n) is 5.59. The van der Waals surface area contributed by atoms with Crippen LogP contribution in [0.5, 0.6) is 28.7 Å². The Morgan fingerprint density at radius 1 is 1.04 bits per heavy atom. The van der Waals surface area contributed by atoms with E-state index in [9.17, 15) is 34.8 Å². The number of phenols is 2. The molecule has 0 atom stereocenters. The normalized spacial score (nSPS) is 10.3. The number of ether oxygens (including phenoxy) is 2. The number of methoxy groups -OCH3 is 1. The molecule has 0 spiro atoms. The van der Waals surface area contributed by atoms with Gasteiger partial charge in [-0.15, -0.1) is 0 Å². The Kier molecular flexibility index (Phi) is 5.25. The zero-order chi connectivity index (χ0) is 20.5. The lowest BCUT2D eigenvalue weighted by molar-refractivity contribution is 0.0679. The standard InChI is InChI=1S/C18H16O9/c1-7-4-11(20)10(6-19)16(13(7)18(24)25)27-15-8(2)12(26-3)5-9(14(15)21)17(22)23/h4-6,20-21H,1-3H3,(H,22,23)(H,24,25). The highest BCUT2D eigenvalue weighted by Gasteiger charge is 2.27. The van der Waals surface area contributed by atoms with Crippen molar-refractivity contribution in [3.8, 4) is 28.7 Å². The van der Waals surface area contributed by atoms with Gasteiger partial charge in [0, 0.05) is 5.56 Å². The van der Waals surface area contributed by atoms with Crippen molar-refractivity contribution in [3.63, 3.8) is 0 Å². The molecule has 0 amide bonds. The van der Waals surface area contributed by atoms with E-state index in [1.54, 1.807) is 0 Å². The average molecular weight is 376 g/mol. The van der Waals surface area contributed by atoms with Crippen molar-refractivity contribution in [2.24, 2.45) is 0 Å². The molecule has 0 aliphatic heterocycles. The summed E-state index contributed by atoms with van der Waals surface area (Å²) in [6, 6.07) is 2.16. The van der Waals surface area contributed by atoms with E-state index in [2.05, 4.69) is 0 Å². The first-order chi connectivity index (χ1) is 12.6. The highest BCUT2D eigenvalue weighted by atomic mass is 16.5. The summed E-state index contributed by atoms with van der Waals surface area (Å²) in [6.45, 7) is 2.82. The maximum absolute atomic E-state index is 11.6. The highest BCUT2D eigenvalue weighted by Crippen LogP contribution is 2.45. The van der Waals surface area contributed by atoms with Crippen LogP contribution < -0.4 is 9.47 Å². The van der Waals surface area contributed by atoms with Gasteiger partial charge in [-0.3, -0.25) is 4.79 Å². The summed E-state index contributed by atoms with van der Waals surface area (Å²) in [4.78, 5) is 34.4. The van der Waals surface area contributed by atoms with Crippen LogP contribution in [-0.4, -0.2) is 45.8 Å². The summed E-state index contributed by atoms with van der Waals surface area (Å²) in [5, 5.41) is 38.9. The lowest BCUT2D eigenvalue weighted by Gasteiger charge is -2.18. The van der Waals surface area contributed by atoms with Crippen molar-refractivity contribution >= 4 is 18.2 Å². The molecule has 9 nitrogen and oxygen atoms in total. The maximum atomic E-state index is 11.6. The molecule has 0 heterocycles. The third kappa shape index (κ3) is 3.34. The molecule has 2 aromatic carbocycles. The van der Waals surface area contributed by atoms with E-state index >= 15 is 0 Å². The third-order valence-electron chi connectivity index (χ3n) is 3.94. The molecule has 9 heteroatoms. The molecule has 0 aliphatic rings. The summed E-state index contributed by atoms with van der Waals surface area (Å²) in [5.74, 6) is -5.11. The van der Waals surface area contributed by atoms with Gasteiger partial charge in [0.1, 0.15) is 22.6 Å². The number of rotatable bonds is 6. The quantitative estimate of drug-likeness (QED) is 0.558. The topological polar surface area (TPSA) is 151 Å². The Morgan fingerprint density at radius 3 is 2.15 bits per heavy atom. The Morgan fingerprint density at radius 2 is 1.67 bits per heavy atom. The molecule has 0 bridgehead atoms. The molecule has 0 unspecified atom stereocenters. The van der Waals surface area contributed by atoms with Crippen molar-refractivity contribution in [2.45, 2.75) is 13.8 Å². The zero-order valence-corrected chi connectivity index (χ0v) is 14.6. The predicted octanol–water partition coefficient (Wildman–Crippen LogP) is 2.72. The minimum atomic E-state index is -1.48. The molecular formula is C18H16O9. The number of aromatic hydroxyl groups is 2. The molecule has 142 valence electrons. The molecule has 27 heavy (non-hydrogen) atoms. The Hall–Kier alpha value is -3.75. The van der Waals surface area contributed by atoms with E-state index < -0.39 is 51.6 Å². The number of phenolic OH excluding ortho intramolecular Hbond substituents is 1. The fraction of sp³-hybridized carbons (Fsp3) is 0.167. The number of aromatic carboxylic acids is 2. The van der Waals surface area contributed by atoms with Crippen molar-refractivity contribution < 1.29 is 44.3 Å². The van der Waals surface area contributed by atoms with E-state index in [0.29, 0.717) is 0 Å². The SMILES string of the molecule is COc1cc(C(=O)O)c(O)c(Oc2c(C=O)c(O)cc(C)c2C(=O)O)c1C. The van der Waals surface area contributed by atoms with Gasteiger partial charge in [0.25, 0.3) is 0 Å². The Bertz CT molecular complexity index is 960. The Labute approximate surface area is 153 Å². The zero-order valence-electron chi connectivity index (χ0n) is 14.6. The molecule has 0 aliphatic carbocycles. The molecule has 0 saturated heterocycles. The van der Waals surface area contributed by atoms with Gasteiger partial charge < -0.3 is 29.9 Å². The molecule has 0 saturated carbocycles. The molecule has 2 aromatic rings. The lowest BCUT2D eigenvalue weighted by Crippen LogP contribution is -2.08. The van der Waals surface area contributed by atoms with Crippen LogP contribution in [-0.2, 0) is 0 Å². The number of carbonyl (C=O) groups excluding carboxylic acids is 1. The lowest BCUT2D eigenvalue weighted by atomic mass is 10.0. The van der Waals surface area contributed by atoms with Gasteiger partial charge in [0.15, 0.2) is 23.5 Å². The van der Waals surface area contributed by atoms with Crippen molar-refractivity contribution in [1.82, 2.24) is 0 Å². The highest BCUT2D eigenvalue weighted by molar-refractivity contribution is 5.99. The third-order valence-corrected chi connectivity index (χ3v) is 3.94. The second-order valence-corrected chi connectivity index (χ2v) is 5.59. The van der Waals surface area contributed by atoms with Crippen LogP contribution in [0.4, 0.5) is 0 Å². The maximum Gasteiger partial charge on any atom is 0.339 e. The van der Waals surface area contributed by atoms with E-state index in [4.69, 9.17) is 9.47 Å². The predicted molar refractivity (Wildman–Crippen MR) is 91.6 cm³/mol. The summed E-state index contributed by atoms with van der Waals surface area (Å²) >= 11 is 0. The Balaban J connectivity index is 2.85. The fourth-order valence-electron chi connectivity index (χ4n) is 2.59. The van der Waals surface area contributed by atoms with Crippen LogP contribution in [0.15, 0.2) is 12.1 Å². The summed E-state index contributed by atoms with van der Waals surface area (Å²) < 4.78 is 10.5. The van der Waals surface area contributed by atoms with E-state index in [0.717, 1.165) is 12.1 Å². The number of benzene rings is 2. The minimum absolute atomic E-state index is 0.0570. The number of aldehydes is 1. The van der Waals surface area contributed by atoms with Crippen LogP contribution in [0.25, 0.3) is 0 Å². The smallest absolute Gasteiger partial charge is 0.339 e. The van der Waals surface area contributed by atoms with Crippen LogP contribution >= 0.6 is 0 Å². The monoisotopic (exact) mass is 376 g/mol. The van der Waals surface area contributed by atoms with Crippen molar-refractivity contribution in [3.05, 3.63) is 39.9 Å². The molecule has 0 aromatic heterocycles. The van der Waals surface area contributed by atoms with Gasteiger partial charge >= 0.3 is 11.9 Å². The second kappa shape index (κ2) is 7.24. The van der Waals surface area contributed by atoms with Gasteiger partial charge in [-0.25, -0.2) is 9.59 Å². The van der Waals surface area contributed by atoms with Crippen LogP contribution in [0.1, 0.15) is 42.2 Å². The van der Waals surface area contributed by atoms with Crippen molar-refractivity contribution in [1.29, 1.82) is 0 Å². The largest absolute Gasteiger partial charge is 0.507 e.